The average molecular weight is 320 g/mol. The molecule has 2 aromatic carbocycles. The summed E-state index contributed by atoms with van der Waals surface area (Å²) in [6, 6.07) is 8.72. The summed E-state index contributed by atoms with van der Waals surface area (Å²) < 4.78 is 13.9. The first-order valence-corrected chi connectivity index (χ1v) is 6.55. The Bertz CT molecular complexity index is 741. The third-order valence-corrected chi connectivity index (χ3v) is 3.64. The standard InChI is InChI=1S/C14H11BrFN3/c1-7-4-8(17)2-3-9(7)14-18-12-5-10(15)11(16)6-13(12)19-14/h2-6H,17H2,1H3,(H,18,19). The zero-order valence-electron chi connectivity index (χ0n) is 10.2. The number of aromatic amines is 1. The van der Waals surface area contributed by atoms with E-state index in [1.54, 1.807) is 6.07 Å². The fourth-order valence-electron chi connectivity index (χ4n) is 2.09. The Morgan fingerprint density at radius 2 is 2.05 bits per heavy atom. The summed E-state index contributed by atoms with van der Waals surface area (Å²) in [7, 11) is 0. The summed E-state index contributed by atoms with van der Waals surface area (Å²) in [6.45, 7) is 1.97. The van der Waals surface area contributed by atoms with Crippen LogP contribution in [0.3, 0.4) is 0 Å². The summed E-state index contributed by atoms with van der Waals surface area (Å²) in [5.74, 6) is 0.404. The number of halogens is 2. The number of nitrogens with two attached hydrogens (primary N) is 1. The molecule has 3 rings (SSSR count). The minimum absolute atomic E-state index is 0.309. The molecule has 0 aliphatic heterocycles. The lowest BCUT2D eigenvalue weighted by Crippen LogP contribution is -1.89. The minimum Gasteiger partial charge on any atom is -0.399 e. The van der Waals surface area contributed by atoms with Crippen molar-refractivity contribution in [2.45, 2.75) is 6.92 Å². The van der Waals surface area contributed by atoms with Crippen LogP contribution in [0.25, 0.3) is 22.4 Å². The van der Waals surface area contributed by atoms with Crippen molar-refractivity contribution in [1.29, 1.82) is 0 Å². The van der Waals surface area contributed by atoms with Crippen LogP contribution in [0.1, 0.15) is 5.56 Å². The maximum atomic E-state index is 13.5. The second-order valence-corrected chi connectivity index (χ2v) is 5.30. The number of imidazole rings is 1. The number of hydrogen-bond acceptors (Lipinski definition) is 2. The summed E-state index contributed by atoms with van der Waals surface area (Å²) in [4.78, 5) is 7.61. The molecule has 0 bridgehead atoms. The molecule has 1 aromatic heterocycles. The van der Waals surface area contributed by atoms with Crippen molar-refractivity contribution in [3.63, 3.8) is 0 Å². The molecule has 3 N–H and O–H groups in total. The summed E-state index contributed by atoms with van der Waals surface area (Å²) in [5.41, 5.74) is 9.83. The number of fused-ring (bicyclic) bond motifs is 1. The van der Waals surface area contributed by atoms with Crippen molar-refractivity contribution in [3.8, 4) is 11.4 Å². The molecule has 5 heteroatoms. The number of nitrogens with zero attached hydrogens (tertiary/aromatic N) is 1. The normalized spacial score (nSPS) is 11.1. The third kappa shape index (κ3) is 2.10. The van der Waals surface area contributed by atoms with Crippen LogP contribution in [0.5, 0.6) is 0 Å². The van der Waals surface area contributed by atoms with Gasteiger partial charge in [0.15, 0.2) is 0 Å². The number of anilines is 1. The Labute approximate surface area is 117 Å². The first-order chi connectivity index (χ1) is 9.04. The van der Waals surface area contributed by atoms with E-state index in [1.165, 1.54) is 6.07 Å². The van der Waals surface area contributed by atoms with Crippen molar-refractivity contribution >= 4 is 32.7 Å². The number of nitrogens with one attached hydrogen (secondary N) is 1. The van der Waals surface area contributed by atoms with Crippen LogP contribution in [0, 0.1) is 12.7 Å². The van der Waals surface area contributed by atoms with E-state index in [2.05, 4.69) is 25.9 Å². The SMILES string of the molecule is Cc1cc(N)ccc1-c1nc2cc(Br)c(F)cc2[nH]1. The lowest BCUT2D eigenvalue weighted by Gasteiger charge is -2.03. The number of rotatable bonds is 1. The highest BCUT2D eigenvalue weighted by Gasteiger charge is 2.10. The van der Waals surface area contributed by atoms with Gasteiger partial charge in [0.25, 0.3) is 0 Å². The monoisotopic (exact) mass is 319 g/mol. The van der Waals surface area contributed by atoms with E-state index in [0.29, 0.717) is 21.5 Å². The Balaban J connectivity index is 2.20. The molecule has 1 heterocycles. The number of aromatic nitrogens is 2. The topological polar surface area (TPSA) is 54.7 Å². The van der Waals surface area contributed by atoms with Crippen LogP contribution in [-0.4, -0.2) is 9.97 Å². The summed E-state index contributed by atoms with van der Waals surface area (Å²) >= 11 is 3.16. The third-order valence-electron chi connectivity index (χ3n) is 3.03. The minimum atomic E-state index is -0.309. The highest BCUT2D eigenvalue weighted by Crippen LogP contribution is 2.27. The van der Waals surface area contributed by atoms with E-state index in [0.717, 1.165) is 16.6 Å². The molecule has 0 aliphatic rings. The predicted octanol–water partition coefficient (Wildman–Crippen LogP) is 4.02. The first kappa shape index (κ1) is 12.2. The zero-order valence-corrected chi connectivity index (χ0v) is 11.8. The fourth-order valence-corrected chi connectivity index (χ4v) is 2.42. The van der Waals surface area contributed by atoms with Crippen molar-refractivity contribution in [2.24, 2.45) is 0 Å². The molecule has 0 unspecified atom stereocenters. The van der Waals surface area contributed by atoms with Gasteiger partial charge < -0.3 is 10.7 Å². The lowest BCUT2D eigenvalue weighted by molar-refractivity contribution is 0.623. The van der Waals surface area contributed by atoms with Crippen LogP contribution in [0.4, 0.5) is 10.1 Å². The number of aryl methyl sites for hydroxylation is 1. The number of H-pyrrole nitrogens is 1. The Kier molecular flexibility index (Phi) is 2.78. The number of benzene rings is 2. The second kappa shape index (κ2) is 4.35. The van der Waals surface area contributed by atoms with Crippen LogP contribution in [0.15, 0.2) is 34.8 Å². The van der Waals surface area contributed by atoms with E-state index in [-0.39, 0.29) is 5.82 Å². The van der Waals surface area contributed by atoms with Crippen LogP contribution < -0.4 is 5.73 Å². The molecule has 0 saturated heterocycles. The molecule has 0 aliphatic carbocycles. The van der Waals surface area contributed by atoms with Gasteiger partial charge >= 0.3 is 0 Å². The maximum absolute atomic E-state index is 13.5. The summed E-state index contributed by atoms with van der Waals surface area (Å²) in [6.07, 6.45) is 0. The van der Waals surface area contributed by atoms with Gasteiger partial charge in [-0.05, 0) is 52.7 Å². The number of hydrogen-bond donors (Lipinski definition) is 2. The van der Waals surface area contributed by atoms with Crippen molar-refractivity contribution in [3.05, 3.63) is 46.2 Å². The number of nitrogen functional groups attached to an aromatic ring is 1. The van der Waals surface area contributed by atoms with Gasteiger partial charge in [0.05, 0.1) is 15.5 Å². The molecule has 96 valence electrons. The van der Waals surface area contributed by atoms with E-state index >= 15 is 0 Å². The average Bonchev–Trinajstić information content (AvgIpc) is 2.72. The Morgan fingerprint density at radius 1 is 1.26 bits per heavy atom. The Hall–Kier alpha value is -1.88. The van der Waals surface area contributed by atoms with Gasteiger partial charge in [-0.1, -0.05) is 0 Å². The van der Waals surface area contributed by atoms with Crippen LogP contribution in [-0.2, 0) is 0 Å². The van der Waals surface area contributed by atoms with Gasteiger partial charge in [0.1, 0.15) is 11.6 Å². The molecule has 19 heavy (non-hydrogen) atoms. The maximum Gasteiger partial charge on any atom is 0.139 e. The lowest BCUT2D eigenvalue weighted by atomic mass is 10.1. The van der Waals surface area contributed by atoms with Gasteiger partial charge in [-0.25, -0.2) is 9.37 Å². The van der Waals surface area contributed by atoms with E-state index in [1.807, 2.05) is 25.1 Å². The summed E-state index contributed by atoms with van der Waals surface area (Å²) in [5, 5.41) is 0. The van der Waals surface area contributed by atoms with Gasteiger partial charge in [0, 0.05) is 17.3 Å². The van der Waals surface area contributed by atoms with Gasteiger partial charge in [0.2, 0.25) is 0 Å². The van der Waals surface area contributed by atoms with Gasteiger partial charge in [-0.15, -0.1) is 0 Å². The Morgan fingerprint density at radius 3 is 2.79 bits per heavy atom. The molecule has 0 fully saturated rings. The molecular weight excluding hydrogens is 309 g/mol. The fraction of sp³-hybridized carbons (Fsp3) is 0.0714. The highest BCUT2D eigenvalue weighted by atomic mass is 79.9. The quantitative estimate of drug-likeness (QED) is 0.665. The highest BCUT2D eigenvalue weighted by molar-refractivity contribution is 9.10. The molecule has 0 saturated carbocycles. The molecule has 3 aromatic rings. The van der Waals surface area contributed by atoms with Crippen LogP contribution >= 0.6 is 15.9 Å². The molecule has 3 nitrogen and oxygen atoms in total. The van der Waals surface area contributed by atoms with E-state index < -0.39 is 0 Å². The van der Waals surface area contributed by atoms with E-state index in [4.69, 9.17) is 5.73 Å². The van der Waals surface area contributed by atoms with E-state index in [9.17, 15) is 4.39 Å². The zero-order chi connectivity index (χ0) is 13.6. The van der Waals surface area contributed by atoms with Gasteiger partial charge in [-0.3, -0.25) is 0 Å². The van der Waals surface area contributed by atoms with Crippen LogP contribution in [0.2, 0.25) is 0 Å². The first-order valence-electron chi connectivity index (χ1n) is 5.76. The largest absolute Gasteiger partial charge is 0.399 e. The molecule has 0 amide bonds. The van der Waals surface area contributed by atoms with Gasteiger partial charge in [-0.2, -0.15) is 0 Å². The smallest absolute Gasteiger partial charge is 0.139 e. The van der Waals surface area contributed by atoms with Crippen molar-refractivity contribution < 1.29 is 4.39 Å². The molecular formula is C14H11BrFN3. The van der Waals surface area contributed by atoms with Crippen molar-refractivity contribution in [2.75, 3.05) is 5.73 Å². The predicted molar refractivity (Wildman–Crippen MR) is 78.3 cm³/mol. The second-order valence-electron chi connectivity index (χ2n) is 4.44. The molecule has 0 radical (unpaired) electrons. The van der Waals surface area contributed by atoms with Crippen molar-refractivity contribution in [1.82, 2.24) is 9.97 Å². The molecule has 0 spiro atoms. The molecule has 0 atom stereocenters.